The minimum Gasteiger partial charge on any atom is -0.491 e. The van der Waals surface area contributed by atoms with E-state index in [4.69, 9.17) is 11.2 Å². The van der Waals surface area contributed by atoms with E-state index in [1.54, 1.807) is 0 Å². The summed E-state index contributed by atoms with van der Waals surface area (Å²) >= 11 is 0. The molecule has 1 aromatic carbocycles. The summed E-state index contributed by atoms with van der Waals surface area (Å²) in [4.78, 5) is 0. The molecule has 2 heteroatoms. The Hall–Kier alpha value is -1.46. The summed E-state index contributed by atoms with van der Waals surface area (Å²) in [5, 5.41) is 3.23. The van der Waals surface area contributed by atoms with Crippen LogP contribution < -0.4 is 10.1 Å². The molecule has 0 radical (unpaired) electrons. The summed E-state index contributed by atoms with van der Waals surface area (Å²) in [5.74, 6) is 3.53. The van der Waals surface area contributed by atoms with Crippen molar-refractivity contribution in [1.82, 2.24) is 5.32 Å². The van der Waals surface area contributed by atoms with Crippen molar-refractivity contribution in [3.8, 4) is 18.1 Å². The second-order valence-corrected chi connectivity index (χ2v) is 2.99. The Kier molecular flexibility index (Phi) is 2.20. The first-order valence-corrected chi connectivity index (χ1v) is 4.30. The molecule has 1 N–H and O–H groups in total. The maximum absolute atomic E-state index is 5.48. The Morgan fingerprint density at radius 1 is 1.54 bits per heavy atom. The van der Waals surface area contributed by atoms with E-state index < -0.39 is 0 Å². The van der Waals surface area contributed by atoms with Gasteiger partial charge in [-0.05, 0) is 6.07 Å². The van der Waals surface area contributed by atoms with E-state index in [2.05, 4.69) is 17.3 Å². The highest BCUT2D eigenvalue weighted by Gasteiger charge is 2.22. The molecule has 0 fully saturated rings. The van der Waals surface area contributed by atoms with Crippen LogP contribution in [0.2, 0.25) is 0 Å². The maximum atomic E-state index is 5.48. The molecule has 2 nitrogen and oxygen atoms in total. The maximum Gasteiger partial charge on any atom is 0.124 e. The van der Waals surface area contributed by atoms with Crippen molar-refractivity contribution in [2.45, 2.75) is 6.04 Å². The van der Waals surface area contributed by atoms with Gasteiger partial charge in [0, 0.05) is 5.56 Å². The fourth-order valence-electron chi connectivity index (χ4n) is 1.51. The Bertz CT molecular complexity index is 340. The standard InChI is InChI=1S/C11H11NO/c1-2-7-12-10-8-13-11-6-4-3-5-9(10)11/h1,3-6,10,12H,7-8H2. The predicted octanol–water partition coefficient (Wildman–Crippen LogP) is 1.34. The van der Waals surface area contributed by atoms with Gasteiger partial charge in [-0.15, -0.1) is 6.42 Å². The summed E-state index contributed by atoms with van der Waals surface area (Å²) in [5.41, 5.74) is 1.21. The molecule has 0 saturated carbocycles. The highest BCUT2D eigenvalue weighted by Crippen LogP contribution is 2.31. The van der Waals surface area contributed by atoms with Crippen LogP contribution in [0, 0.1) is 12.3 Å². The largest absolute Gasteiger partial charge is 0.491 e. The van der Waals surface area contributed by atoms with Gasteiger partial charge in [-0.25, -0.2) is 0 Å². The average molecular weight is 173 g/mol. The van der Waals surface area contributed by atoms with Crippen LogP contribution in [0.1, 0.15) is 11.6 Å². The zero-order valence-corrected chi connectivity index (χ0v) is 7.29. The fourth-order valence-corrected chi connectivity index (χ4v) is 1.51. The van der Waals surface area contributed by atoms with Crippen LogP contribution in [-0.2, 0) is 0 Å². The van der Waals surface area contributed by atoms with E-state index in [0.717, 1.165) is 5.75 Å². The van der Waals surface area contributed by atoms with Crippen LogP contribution in [0.5, 0.6) is 5.75 Å². The predicted molar refractivity (Wildman–Crippen MR) is 51.5 cm³/mol. The lowest BCUT2D eigenvalue weighted by molar-refractivity contribution is 0.315. The van der Waals surface area contributed by atoms with E-state index in [9.17, 15) is 0 Å². The molecule has 1 aliphatic rings. The summed E-state index contributed by atoms with van der Waals surface area (Å²) < 4.78 is 5.48. The molecular weight excluding hydrogens is 162 g/mol. The molecule has 66 valence electrons. The second-order valence-electron chi connectivity index (χ2n) is 2.99. The van der Waals surface area contributed by atoms with Gasteiger partial charge in [0.15, 0.2) is 0 Å². The van der Waals surface area contributed by atoms with Crippen molar-refractivity contribution < 1.29 is 4.74 Å². The molecule has 1 atom stereocenters. The zero-order chi connectivity index (χ0) is 9.10. The van der Waals surface area contributed by atoms with Gasteiger partial charge in [-0.1, -0.05) is 24.1 Å². The van der Waals surface area contributed by atoms with Crippen LogP contribution in [0.4, 0.5) is 0 Å². The van der Waals surface area contributed by atoms with Crippen molar-refractivity contribution in [1.29, 1.82) is 0 Å². The molecule has 0 aliphatic carbocycles. The lowest BCUT2D eigenvalue weighted by Gasteiger charge is -2.07. The first-order valence-electron chi connectivity index (χ1n) is 4.30. The average Bonchev–Trinajstić information content (AvgIpc) is 2.58. The number of para-hydroxylation sites is 1. The highest BCUT2D eigenvalue weighted by molar-refractivity contribution is 5.39. The molecule has 1 unspecified atom stereocenters. The normalized spacial score (nSPS) is 18.8. The van der Waals surface area contributed by atoms with Crippen LogP contribution in [0.15, 0.2) is 24.3 Å². The van der Waals surface area contributed by atoms with Gasteiger partial charge in [0.25, 0.3) is 0 Å². The summed E-state index contributed by atoms with van der Waals surface area (Å²) in [6.07, 6.45) is 5.17. The van der Waals surface area contributed by atoms with E-state index >= 15 is 0 Å². The van der Waals surface area contributed by atoms with Gasteiger partial charge in [-0.3, -0.25) is 5.32 Å². The van der Waals surface area contributed by atoms with Crippen molar-refractivity contribution in [3.63, 3.8) is 0 Å². The number of nitrogens with one attached hydrogen (secondary N) is 1. The molecule has 1 aliphatic heterocycles. The van der Waals surface area contributed by atoms with Gasteiger partial charge >= 0.3 is 0 Å². The lowest BCUT2D eigenvalue weighted by Crippen LogP contribution is -2.22. The molecular formula is C11H11NO. The van der Waals surface area contributed by atoms with Gasteiger partial charge in [0.05, 0.1) is 12.6 Å². The molecule has 1 aromatic rings. The molecule has 2 rings (SSSR count). The fraction of sp³-hybridized carbons (Fsp3) is 0.273. The molecule has 0 saturated heterocycles. The van der Waals surface area contributed by atoms with Crippen LogP contribution in [0.25, 0.3) is 0 Å². The molecule has 0 amide bonds. The smallest absolute Gasteiger partial charge is 0.124 e. The number of terminal acetylenes is 1. The number of ether oxygens (including phenoxy) is 1. The van der Waals surface area contributed by atoms with E-state index in [0.29, 0.717) is 13.2 Å². The van der Waals surface area contributed by atoms with Gasteiger partial charge in [0.2, 0.25) is 0 Å². The minimum atomic E-state index is 0.257. The van der Waals surface area contributed by atoms with Crippen LogP contribution in [-0.4, -0.2) is 13.2 Å². The summed E-state index contributed by atoms with van der Waals surface area (Å²) in [6.45, 7) is 1.27. The number of fused-ring (bicyclic) bond motifs is 1. The van der Waals surface area contributed by atoms with Gasteiger partial charge < -0.3 is 4.74 Å². The van der Waals surface area contributed by atoms with E-state index in [-0.39, 0.29) is 6.04 Å². The first kappa shape index (κ1) is 8.15. The van der Waals surface area contributed by atoms with Crippen LogP contribution >= 0.6 is 0 Å². The van der Waals surface area contributed by atoms with Gasteiger partial charge in [-0.2, -0.15) is 0 Å². The van der Waals surface area contributed by atoms with Crippen molar-refractivity contribution in [2.75, 3.05) is 13.2 Å². The monoisotopic (exact) mass is 173 g/mol. The lowest BCUT2D eigenvalue weighted by atomic mass is 10.1. The number of benzene rings is 1. The Labute approximate surface area is 77.9 Å². The Morgan fingerprint density at radius 2 is 2.38 bits per heavy atom. The number of rotatable bonds is 2. The Morgan fingerprint density at radius 3 is 3.23 bits per heavy atom. The second kappa shape index (κ2) is 3.51. The number of hydrogen-bond acceptors (Lipinski definition) is 2. The van der Waals surface area contributed by atoms with Gasteiger partial charge in [0.1, 0.15) is 12.4 Å². The third-order valence-electron chi connectivity index (χ3n) is 2.15. The van der Waals surface area contributed by atoms with Crippen LogP contribution in [0.3, 0.4) is 0 Å². The molecule has 0 aromatic heterocycles. The quantitative estimate of drug-likeness (QED) is 0.681. The van der Waals surface area contributed by atoms with Crippen molar-refractivity contribution in [3.05, 3.63) is 29.8 Å². The highest BCUT2D eigenvalue weighted by atomic mass is 16.5. The first-order chi connectivity index (χ1) is 6.42. The SMILES string of the molecule is C#CCNC1COc2ccccc21. The molecule has 0 spiro atoms. The third kappa shape index (κ3) is 1.51. The van der Waals surface area contributed by atoms with Crippen molar-refractivity contribution >= 4 is 0 Å². The third-order valence-corrected chi connectivity index (χ3v) is 2.15. The van der Waals surface area contributed by atoms with E-state index in [1.807, 2.05) is 18.2 Å². The Balaban J connectivity index is 2.15. The molecule has 13 heavy (non-hydrogen) atoms. The summed E-state index contributed by atoms with van der Waals surface area (Å²) in [6, 6.07) is 8.29. The molecule has 0 bridgehead atoms. The number of hydrogen-bond donors (Lipinski definition) is 1. The minimum absolute atomic E-state index is 0.257. The molecule has 1 heterocycles. The zero-order valence-electron chi connectivity index (χ0n) is 7.29. The van der Waals surface area contributed by atoms with Crippen molar-refractivity contribution in [2.24, 2.45) is 0 Å². The summed E-state index contributed by atoms with van der Waals surface area (Å²) in [7, 11) is 0. The topological polar surface area (TPSA) is 21.3 Å². The van der Waals surface area contributed by atoms with E-state index in [1.165, 1.54) is 5.56 Å².